The van der Waals surface area contributed by atoms with Crippen LogP contribution in [0.5, 0.6) is 5.75 Å². The van der Waals surface area contributed by atoms with Gasteiger partial charge in [-0.15, -0.1) is 0 Å². The third kappa shape index (κ3) is 3.07. The average molecular weight is 388 g/mol. The zero-order valence-corrected chi connectivity index (χ0v) is 13.6. The number of ether oxygens (including phenoxy) is 1. The van der Waals surface area contributed by atoms with Gasteiger partial charge in [0.05, 0.1) is 12.0 Å². The minimum Gasteiger partial charge on any atom is -0.425 e. The molecule has 0 amide bonds. The summed E-state index contributed by atoms with van der Waals surface area (Å²) >= 11 is 0. The summed E-state index contributed by atoms with van der Waals surface area (Å²) in [5.41, 5.74) is -1.50. The van der Waals surface area contributed by atoms with Gasteiger partial charge in [-0.25, -0.2) is 26.3 Å². The lowest BCUT2D eigenvalue weighted by Crippen LogP contribution is -2.17. The highest BCUT2D eigenvalue weighted by Crippen LogP contribution is 2.40. The first-order chi connectivity index (χ1) is 12.6. The Morgan fingerprint density at radius 3 is 2.15 bits per heavy atom. The minimum atomic E-state index is -2.35. The molecule has 3 rings (SSSR count). The lowest BCUT2D eigenvalue weighted by atomic mass is 10.0. The quantitative estimate of drug-likeness (QED) is 0.258. The van der Waals surface area contributed by atoms with Crippen molar-refractivity contribution in [2.45, 2.75) is 25.7 Å². The van der Waals surface area contributed by atoms with Gasteiger partial charge < -0.3 is 4.74 Å². The molecule has 0 N–H and O–H groups in total. The molecule has 0 bridgehead atoms. The van der Waals surface area contributed by atoms with Crippen LogP contribution in [-0.4, -0.2) is 11.8 Å². The van der Waals surface area contributed by atoms with Crippen LogP contribution in [0.4, 0.5) is 26.3 Å². The zero-order valence-electron chi connectivity index (χ0n) is 13.6. The second-order valence-corrected chi connectivity index (χ2v) is 6.06. The molecule has 142 valence electrons. The van der Waals surface area contributed by atoms with Crippen molar-refractivity contribution in [3.63, 3.8) is 0 Å². The Hall–Kier alpha value is -2.84. The van der Waals surface area contributed by atoms with Crippen molar-refractivity contribution in [3.8, 4) is 5.75 Å². The van der Waals surface area contributed by atoms with Gasteiger partial charge in [0.2, 0.25) is 5.82 Å². The molecule has 0 fully saturated rings. The Bertz CT molecular complexity index is 957. The maximum atomic E-state index is 13.9. The number of hydrogen-bond donors (Lipinski definition) is 0. The monoisotopic (exact) mass is 388 g/mol. The van der Waals surface area contributed by atoms with E-state index in [0.717, 1.165) is 12.1 Å². The number of ketones is 1. The van der Waals surface area contributed by atoms with Gasteiger partial charge in [-0.1, -0.05) is 6.92 Å². The maximum Gasteiger partial charge on any atom is 0.315 e. The first-order valence-electron chi connectivity index (χ1n) is 7.70. The van der Waals surface area contributed by atoms with Crippen molar-refractivity contribution < 1.29 is 40.7 Å². The zero-order chi connectivity index (χ0) is 20.0. The Labute approximate surface area is 148 Å². The molecule has 2 aromatic rings. The summed E-state index contributed by atoms with van der Waals surface area (Å²) in [7, 11) is 0. The van der Waals surface area contributed by atoms with Crippen molar-refractivity contribution in [2.75, 3.05) is 0 Å². The summed E-state index contributed by atoms with van der Waals surface area (Å²) in [6.45, 7) is 1.59. The molecule has 2 aromatic carbocycles. The summed E-state index contributed by atoms with van der Waals surface area (Å²) in [6, 6.07) is 1.94. The predicted molar refractivity (Wildman–Crippen MR) is 79.3 cm³/mol. The number of carbonyl (C=O) groups is 2. The molecule has 9 heteroatoms. The SMILES string of the molecule is CC1CC(=O)c2c(OC(=O)Cc3c(F)c(F)c(F)c(F)c3F)ccc(F)c21. The van der Waals surface area contributed by atoms with E-state index in [9.17, 15) is 35.9 Å². The molecule has 0 aliphatic heterocycles. The average Bonchev–Trinajstić information content (AvgIpc) is 2.93. The van der Waals surface area contributed by atoms with Gasteiger partial charge in [0.15, 0.2) is 29.1 Å². The van der Waals surface area contributed by atoms with E-state index in [4.69, 9.17) is 4.74 Å². The van der Waals surface area contributed by atoms with Crippen LogP contribution in [0.2, 0.25) is 0 Å². The molecule has 0 heterocycles. The Balaban J connectivity index is 1.93. The first-order valence-corrected chi connectivity index (χ1v) is 7.70. The summed E-state index contributed by atoms with van der Waals surface area (Å²) in [5, 5.41) is 0. The summed E-state index contributed by atoms with van der Waals surface area (Å²) < 4.78 is 85.5. The molecule has 1 aliphatic carbocycles. The topological polar surface area (TPSA) is 43.4 Å². The molecule has 0 saturated heterocycles. The number of rotatable bonds is 3. The van der Waals surface area contributed by atoms with Crippen LogP contribution in [0, 0.1) is 34.9 Å². The lowest BCUT2D eigenvalue weighted by molar-refractivity contribution is -0.133. The van der Waals surface area contributed by atoms with Crippen molar-refractivity contribution in [3.05, 3.63) is 63.7 Å². The maximum absolute atomic E-state index is 13.9. The van der Waals surface area contributed by atoms with Crippen molar-refractivity contribution in [1.82, 2.24) is 0 Å². The van der Waals surface area contributed by atoms with Gasteiger partial charge in [-0.3, -0.25) is 9.59 Å². The number of Topliss-reactive ketones (excluding diaryl/α,β-unsaturated/α-hetero) is 1. The summed E-state index contributed by atoms with van der Waals surface area (Å²) in [5.74, 6) is -14.4. The van der Waals surface area contributed by atoms with Crippen molar-refractivity contribution in [2.24, 2.45) is 0 Å². The Kier molecular flexibility index (Phi) is 4.71. The molecule has 1 atom stereocenters. The van der Waals surface area contributed by atoms with E-state index in [1.54, 1.807) is 6.92 Å². The predicted octanol–water partition coefficient (Wildman–Crippen LogP) is 4.36. The molecule has 3 nitrogen and oxygen atoms in total. The van der Waals surface area contributed by atoms with Gasteiger partial charge in [0.25, 0.3) is 0 Å². The smallest absolute Gasteiger partial charge is 0.315 e. The van der Waals surface area contributed by atoms with Crippen LogP contribution in [0.3, 0.4) is 0 Å². The molecule has 0 aromatic heterocycles. The molecule has 0 spiro atoms. The number of halogens is 6. The van der Waals surface area contributed by atoms with E-state index in [1.807, 2.05) is 0 Å². The number of fused-ring (bicyclic) bond motifs is 1. The number of carbonyl (C=O) groups excluding carboxylic acids is 2. The van der Waals surface area contributed by atoms with Crippen LogP contribution in [-0.2, 0) is 11.2 Å². The first kappa shape index (κ1) is 18.9. The van der Waals surface area contributed by atoms with Gasteiger partial charge in [0.1, 0.15) is 11.6 Å². The second kappa shape index (κ2) is 6.71. The highest BCUT2D eigenvalue weighted by molar-refractivity contribution is 6.04. The molecule has 1 unspecified atom stereocenters. The number of hydrogen-bond acceptors (Lipinski definition) is 3. The highest BCUT2D eigenvalue weighted by Gasteiger charge is 2.34. The third-order valence-electron chi connectivity index (χ3n) is 4.26. The van der Waals surface area contributed by atoms with Crippen LogP contribution in [0.25, 0.3) is 0 Å². The Morgan fingerprint density at radius 2 is 1.56 bits per heavy atom. The van der Waals surface area contributed by atoms with Crippen LogP contribution >= 0.6 is 0 Å². The summed E-state index contributed by atoms with van der Waals surface area (Å²) in [4.78, 5) is 24.0. The van der Waals surface area contributed by atoms with Crippen LogP contribution in [0.1, 0.15) is 40.7 Å². The van der Waals surface area contributed by atoms with Gasteiger partial charge in [-0.05, 0) is 18.1 Å². The van der Waals surface area contributed by atoms with Gasteiger partial charge in [-0.2, -0.15) is 0 Å². The van der Waals surface area contributed by atoms with E-state index in [2.05, 4.69) is 0 Å². The molecule has 0 saturated carbocycles. The largest absolute Gasteiger partial charge is 0.425 e. The normalized spacial score (nSPS) is 15.8. The standard InChI is InChI=1S/C18H10F6O3/c1-6-4-9(25)13-10(3-2-8(19)12(6)13)27-11(26)5-7-14(20)16(22)18(24)17(23)15(7)21/h2-3,6H,4-5H2,1H3. The van der Waals surface area contributed by atoms with Crippen LogP contribution < -0.4 is 4.74 Å². The Morgan fingerprint density at radius 1 is 1.00 bits per heavy atom. The molecular formula is C18H10F6O3. The molecular weight excluding hydrogens is 378 g/mol. The fourth-order valence-electron chi connectivity index (χ4n) is 3.02. The number of esters is 1. The van der Waals surface area contributed by atoms with Crippen molar-refractivity contribution >= 4 is 11.8 Å². The molecule has 27 heavy (non-hydrogen) atoms. The van der Waals surface area contributed by atoms with Crippen LogP contribution in [0.15, 0.2) is 12.1 Å². The fourth-order valence-corrected chi connectivity index (χ4v) is 3.02. The van der Waals surface area contributed by atoms with E-state index in [-0.39, 0.29) is 23.3 Å². The molecule has 1 aliphatic rings. The molecule has 0 radical (unpaired) electrons. The van der Waals surface area contributed by atoms with Gasteiger partial charge >= 0.3 is 5.97 Å². The van der Waals surface area contributed by atoms with E-state index >= 15 is 0 Å². The van der Waals surface area contributed by atoms with Crippen molar-refractivity contribution in [1.29, 1.82) is 0 Å². The van der Waals surface area contributed by atoms with E-state index in [1.165, 1.54) is 0 Å². The van der Waals surface area contributed by atoms with E-state index in [0.29, 0.717) is 0 Å². The fraction of sp³-hybridized carbons (Fsp3) is 0.222. The van der Waals surface area contributed by atoms with E-state index < -0.39 is 64.6 Å². The minimum absolute atomic E-state index is 0.0154. The third-order valence-corrected chi connectivity index (χ3v) is 4.26. The summed E-state index contributed by atoms with van der Waals surface area (Å²) in [6.07, 6.45) is -1.29. The number of benzene rings is 2. The lowest BCUT2D eigenvalue weighted by Gasteiger charge is -2.11. The van der Waals surface area contributed by atoms with Gasteiger partial charge in [0, 0.05) is 17.5 Å². The highest BCUT2D eigenvalue weighted by atomic mass is 19.2. The second-order valence-electron chi connectivity index (χ2n) is 6.06.